The van der Waals surface area contributed by atoms with Crippen molar-refractivity contribution >= 4 is 34.0 Å². The second kappa shape index (κ2) is 16.5. The number of carbonyl (C=O) groups is 2. The average molecular weight is 724 g/mol. The maximum atomic E-state index is 14.8. The van der Waals surface area contributed by atoms with E-state index in [2.05, 4.69) is 119 Å². The highest BCUT2D eigenvalue weighted by Gasteiger charge is 2.56. The minimum Gasteiger partial charge on any atom is -0.358 e. The molecule has 2 amide bonds. The Morgan fingerprint density at radius 2 is 0.885 bits per heavy atom. The fraction of sp³-hybridized carbons (Fsp3) is 0.156. The lowest BCUT2D eigenvalue weighted by Crippen LogP contribution is -2.57. The minimum absolute atomic E-state index is 0.204. The number of nitrogens with two attached hydrogens (primary N) is 1. The van der Waals surface area contributed by atoms with E-state index in [1.165, 1.54) is 0 Å². The molecule has 0 bridgehead atoms. The largest absolute Gasteiger partial charge is 0.358 e. The number of rotatable bonds is 14. The van der Waals surface area contributed by atoms with Gasteiger partial charge in [-0.05, 0) is 33.4 Å². The summed E-state index contributed by atoms with van der Waals surface area (Å²) >= 11 is 1.67. The molecular formula is C45H45N3O2S2. The third kappa shape index (κ3) is 6.80. The summed E-state index contributed by atoms with van der Waals surface area (Å²) in [6, 6.07) is 61.5. The fourth-order valence-electron chi connectivity index (χ4n) is 7.21. The van der Waals surface area contributed by atoms with Crippen molar-refractivity contribution in [2.45, 2.75) is 28.1 Å². The number of nitrogens with one attached hydrogen (secondary N) is 2. The van der Waals surface area contributed by atoms with Crippen molar-refractivity contribution in [2.75, 3.05) is 12.8 Å². The van der Waals surface area contributed by atoms with E-state index in [4.69, 9.17) is 5.14 Å². The van der Waals surface area contributed by atoms with Crippen LogP contribution in [0.25, 0.3) is 0 Å². The molecule has 0 spiro atoms. The maximum Gasteiger partial charge on any atom is 0.235 e. The van der Waals surface area contributed by atoms with Crippen molar-refractivity contribution in [1.29, 1.82) is 0 Å². The van der Waals surface area contributed by atoms with E-state index in [1.54, 1.807) is 18.8 Å². The lowest BCUT2D eigenvalue weighted by Gasteiger charge is -2.57. The van der Waals surface area contributed by atoms with Crippen LogP contribution in [0.4, 0.5) is 0 Å². The van der Waals surface area contributed by atoms with Crippen molar-refractivity contribution in [1.82, 2.24) is 10.0 Å². The second-order valence-electron chi connectivity index (χ2n) is 12.6. The molecule has 2 unspecified atom stereocenters. The number of hydrogen-bond acceptors (Lipinski definition) is 4. The molecule has 0 saturated heterocycles. The van der Waals surface area contributed by atoms with E-state index in [-0.39, 0.29) is 24.0 Å². The summed E-state index contributed by atoms with van der Waals surface area (Å²) in [6.45, 7) is 1.82. The third-order valence-electron chi connectivity index (χ3n) is 9.63. The SMILES string of the molecule is CCC(=O)NS(N)(C(CSC(c1ccccc1)(c1ccccc1)c1ccccc1)C(=O)NC)C(c1ccccc1)(c1ccccc1)c1ccccc1. The number of hydrogen-bond donors (Lipinski definition) is 3. The van der Waals surface area contributed by atoms with Crippen molar-refractivity contribution < 1.29 is 9.59 Å². The molecule has 5 nitrogen and oxygen atoms in total. The van der Waals surface area contributed by atoms with Gasteiger partial charge in [-0.15, -0.1) is 11.8 Å². The van der Waals surface area contributed by atoms with Crippen LogP contribution in [0.2, 0.25) is 0 Å². The van der Waals surface area contributed by atoms with Gasteiger partial charge in [-0.1, -0.05) is 199 Å². The van der Waals surface area contributed by atoms with Crippen LogP contribution >= 0.6 is 22.2 Å². The topological polar surface area (TPSA) is 84.2 Å². The van der Waals surface area contributed by atoms with Gasteiger partial charge in [-0.3, -0.25) is 14.7 Å². The quantitative estimate of drug-likeness (QED) is 0.0981. The molecule has 6 aromatic carbocycles. The summed E-state index contributed by atoms with van der Waals surface area (Å²) in [7, 11) is -1.42. The molecule has 0 aliphatic carbocycles. The van der Waals surface area contributed by atoms with Crippen molar-refractivity contribution in [3.8, 4) is 0 Å². The van der Waals surface area contributed by atoms with Gasteiger partial charge in [-0.25, -0.2) is 0 Å². The van der Waals surface area contributed by atoms with Crippen LogP contribution in [0.1, 0.15) is 46.7 Å². The molecule has 0 aromatic heterocycles. The number of carbonyl (C=O) groups excluding carboxylic acids is 2. The zero-order valence-corrected chi connectivity index (χ0v) is 31.2. The molecule has 2 atom stereocenters. The first-order chi connectivity index (χ1) is 25.4. The predicted octanol–water partition coefficient (Wildman–Crippen LogP) is 8.94. The highest BCUT2D eigenvalue weighted by Crippen LogP contribution is 2.66. The normalized spacial score (nSPS) is 14.0. The smallest absolute Gasteiger partial charge is 0.235 e. The number of amides is 2. The lowest BCUT2D eigenvalue weighted by molar-refractivity contribution is -0.119. The summed E-state index contributed by atoms with van der Waals surface area (Å²) in [5.74, 6) is -0.178. The van der Waals surface area contributed by atoms with Crippen molar-refractivity contribution in [2.24, 2.45) is 5.14 Å². The Balaban J connectivity index is 1.66. The van der Waals surface area contributed by atoms with Gasteiger partial charge in [0.2, 0.25) is 11.8 Å². The highest BCUT2D eigenvalue weighted by atomic mass is 32.3. The van der Waals surface area contributed by atoms with Crippen LogP contribution in [-0.2, 0) is 19.1 Å². The molecule has 0 saturated carbocycles. The Morgan fingerprint density at radius 1 is 0.577 bits per heavy atom. The Kier molecular flexibility index (Phi) is 11.7. The molecule has 0 aliphatic heterocycles. The second-order valence-corrected chi connectivity index (χ2v) is 16.6. The van der Waals surface area contributed by atoms with Crippen LogP contribution < -0.4 is 15.2 Å². The fourth-order valence-corrected chi connectivity index (χ4v) is 13.0. The van der Waals surface area contributed by atoms with Gasteiger partial charge >= 0.3 is 0 Å². The Bertz CT molecular complexity index is 1840. The van der Waals surface area contributed by atoms with Gasteiger partial charge in [0.25, 0.3) is 0 Å². The molecule has 0 fully saturated rings. The number of benzene rings is 6. The van der Waals surface area contributed by atoms with Crippen molar-refractivity contribution in [3.63, 3.8) is 0 Å². The van der Waals surface area contributed by atoms with E-state index < -0.39 is 25.1 Å². The van der Waals surface area contributed by atoms with Gasteiger partial charge in [0.05, 0.1) is 4.75 Å². The Hall–Kier alpha value is -5.08. The van der Waals surface area contributed by atoms with Crippen LogP contribution in [0.15, 0.2) is 182 Å². The van der Waals surface area contributed by atoms with E-state index in [9.17, 15) is 9.59 Å². The van der Waals surface area contributed by atoms with Gasteiger partial charge in [0.15, 0.2) is 0 Å². The first-order valence-electron chi connectivity index (χ1n) is 17.5. The molecule has 4 N–H and O–H groups in total. The predicted molar refractivity (Wildman–Crippen MR) is 219 cm³/mol. The molecule has 0 heterocycles. The van der Waals surface area contributed by atoms with Gasteiger partial charge < -0.3 is 10.0 Å². The summed E-state index contributed by atoms with van der Waals surface area (Å²) in [5, 5.41) is 10.2. The molecule has 6 aromatic rings. The maximum absolute atomic E-state index is 14.8. The first-order valence-corrected chi connectivity index (χ1v) is 20.2. The molecule has 0 radical (unpaired) electrons. The van der Waals surface area contributed by atoms with E-state index in [0.717, 1.165) is 33.4 Å². The van der Waals surface area contributed by atoms with Crippen LogP contribution in [-0.4, -0.2) is 29.9 Å². The zero-order valence-electron chi connectivity index (χ0n) is 29.5. The first kappa shape index (κ1) is 36.7. The van der Waals surface area contributed by atoms with E-state index >= 15 is 0 Å². The summed E-state index contributed by atoms with van der Waals surface area (Å²) in [5.41, 5.74) is 5.89. The molecular weight excluding hydrogens is 679 g/mol. The van der Waals surface area contributed by atoms with Crippen LogP contribution in [0.3, 0.4) is 0 Å². The zero-order chi connectivity index (χ0) is 36.4. The van der Waals surface area contributed by atoms with Crippen LogP contribution in [0, 0.1) is 0 Å². The summed E-state index contributed by atoms with van der Waals surface area (Å²) in [4.78, 5) is 28.7. The third-order valence-corrected chi connectivity index (χ3v) is 15.0. The summed E-state index contributed by atoms with van der Waals surface area (Å²) < 4.78 is 1.55. The molecule has 6 rings (SSSR count). The Morgan fingerprint density at radius 3 is 1.17 bits per heavy atom. The van der Waals surface area contributed by atoms with Crippen LogP contribution in [0.5, 0.6) is 0 Å². The Labute approximate surface area is 313 Å². The molecule has 264 valence electrons. The summed E-state index contributed by atoms with van der Waals surface area (Å²) in [6.07, 6.45) is 0.204. The van der Waals surface area contributed by atoms with Crippen molar-refractivity contribution in [3.05, 3.63) is 215 Å². The van der Waals surface area contributed by atoms with Gasteiger partial charge in [-0.2, -0.15) is 0 Å². The van der Waals surface area contributed by atoms with Gasteiger partial charge in [0, 0.05) is 19.2 Å². The molecule has 7 heteroatoms. The lowest BCUT2D eigenvalue weighted by atomic mass is 9.84. The van der Waals surface area contributed by atoms with Gasteiger partial charge in [0.1, 0.15) is 10.00 Å². The molecule has 0 aliphatic rings. The van der Waals surface area contributed by atoms with E-state index in [1.807, 2.05) is 79.7 Å². The average Bonchev–Trinajstić information content (AvgIpc) is 3.22. The minimum atomic E-state index is -3.07. The monoisotopic (exact) mass is 723 g/mol. The highest BCUT2D eigenvalue weighted by molar-refractivity contribution is 8.33. The standard InChI is InChI=1S/C45H45N3O2S2/c1-3-42(49)48-52(46,45(38-28-16-7-17-29-38,39-30-18-8-19-31-39)40-32-20-9-21-33-40)41(43(50)47-2)34-51-44(35-22-10-4-11-23-35,36-24-12-5-13-25-36)37-26-14-6-15-27-37/h4-33,41H,3,34,46H2,1-2H3,(H,47,50)(H,48,49). The number of thioether (sulfide) groups is 1. The molecule has 52 heavy (non-hydrogen) atoms. The van der Waals surface area contributed by atoms with E-state index in [0.29, 0.717) is 0 Å².